The van der Waals surface area contributed by atoms with E-state index in [4.69, 9.17) is 0 Å². The Hall–Kier alpha value is -3.30. The van der Waals surface area contributed by atoms with Crippen LogP contribution in [0.15, 0.2) is 114 Å². The quantitative estimate of drug-likeness (QED) is 0.331. The first-order valence-electron chi connectivity index (χ1n) is 10.4. The molecular weight excluding hydrogens is 398 g/mol. The molecule has 0 aliphatic heterocycles. The van der Waals surface area contributed by atoms with Crippen LogP contribution >= 0.6 is 11.8 Å². The van der Waals surface area contributed by atoms with Gasteiger partial charge in [-0.1, -0.05) is 97.1 Å². The number of rotatable bonds is 7. The molecule has 0 aliphatic rings. The molecule has 0 saturated carbocycles. The highest BCUT2D eigenvalue weighted by atomic mass is 32.2. The van der Waals surface area contributed by atoms with Crippen LogP contribution < -0.4 is 5.32 Å². The molecule has 0 saturated heterocycles. The number of carbonyl (C=O) groups is 1. The van der Waals surface area contributed by atoms with Gasteiger partial charge in [0.05, 0.1) is 11.6 Å². The molecule has 1 amide bonds. The maximum absolute atomic E-state index is 13.4. The van der Waals surface area contributed by atoms with Gasteiger partial charge in [-0.25, -0.2) is 0 Å². The van der Waals surface area contributed by atoms with Crippen molar-refractivity contribution in [2.45, 2.75) is 23.6 Å². The standard InChI is InChI=1S/C28H25NOS/c1-21-12-8-9-17-24(21)27(23-15-6-3-7-16-23)29-28(30)25-18-10-11-19-26(25)31-20-22-13-4-2-5-14-22/h2-19,27H,20H2,1H3,(H,29,30)/t27-/m1/s1. The lowest BCUT2D eigenvalue weighted by atomic mass is 9.94. The van der Waals surface area contributed by atoms with Crippen molar-refractivity contribution in [3.8, 4) is 0 Å². The van der Waals surface area contributed by atoms with Gasteiger partial charge >= 0.3 is 0 Å². The normalized spacial score (nSPS) is 11.6. The van der Waals surface area contributed by atoms with Gasteiger partial charge in [0.25, 0.3) is 5.91 Å². The van der Waals surface area contributed by atoms with Crippen LogP contribution in [0.4, 0.5) is 0 Å². The monoisotopic (exact) mass is 423 g/mol. The molecule has 0 fully saturated rings. The lowest BCUT2D eigenvalue weighted by Crippen LogP contribution is -2.30. The van der Waals surface area contributed by atoms with Gasteiger partial charge in [0.15, 0.2) is 0 Å². The van der Waals surface area contributed by atoms with Gasteiger partial charge in [0, 0.05) is 10.6 Å². The number of amides is 1. The third-order valence-corrected chi connectivity index (χ3v) is 6.42. The van der Waals surface area contributed by atoms with Crippen LogP contribution in [0.5, 0.6) is 0 Å². The van der Waals surface area contributed by atoms with Crippen molar-refractivity contribution in [3.05, 3.63) is 137 Å². The summed E-state index contributed by atoms with van der Waals surface area (Å²) in [6.45, 7) is 2.08. The lowest BCUT2D eigenvalue weighted by Gasteiger charge is -2.22. The van der Waals surface area contributed by atoms with E-state index < -0.39 is 0 Å². The second kappa shape index (κ2) is 10.1. The smallest absolute Gasteiger partial charge is 0.253 e. The van der Waals surface area contributed by atoms with E-state index in [0.717, 1.165) is 27.3 Å². The molecule has 1 N–H and O–H groups in total. The molecule has 0 aliphatic carbocycles. The molecule has 2 nitrogen and oxygen atoms in total. The summed E-state index contributed by atoms with van der Waals surface area (Å²) < 4.78 is 0. The molecule has 0 unspecified atom stereocenters. The summed E-state index contributed by atoms with van der Waals surface area (Å²) in [6, 6.07) is 36.3. The summed E-state index contributed by atoms with van der Waals surface area (Å²) in [7, 11) is 0. The molecule has 0 radical (unpaired) electrons. The fourth-order valence-electron chi connectivity index (χ4n) is 3.62. The lowest BCUT2D eigenvalue weighted by molar-refractivity contribution is 0.0940. The van der Waals surface area contributed by atoms with E-state index in [0.29, 0.717) is 5.56 Å². The molecule has 0 aromatic heterocycles. The number of nitrogens with one attached hydrogen (secondary N) is 1. The predicted molar refractivity (Wildman–Crippen MR) is 129 cm³/mol. The number of hydrogen-bond acceptors (Lipinski definition) is 2. The van der Waals surface area contributed by atoms with Crippen LogP contribution in [-0.2, 0) is 5.75 Å². The van der Waals surface area contributed by atoms with Gasteiger partial charge in [-0.05, 0) is 41.3 Å². The van der Waals surface area contributed by atoms with Crippen LogP contribution in [0.1, 0.15) is 38.7 Å². The van der Waals surface area contributed by atoms with Crippen LogP contribution in [0.2, 0.25) is 0 Å². The highest BCUT2D eigenvalue weighted by molar-refractivity contribution is 7.98. The van der Waals surface area contributed by atoms with Crippen LogP contribution in [-0.4, -0.2) is 5.91 Å². The van der Waals surface area contributed by atoms with E-state index in [1.165, 1.54) is 5.56 Å². The molecular formula is C28H25NOS. The number of carbonyl (C=O) groups excluding carboxylic acids is 1. The molecule has 3 heteroatoms. The fraction of sp³-hybridized carbons (Fsp3) is 0.107. The van der Waals surface area contributed by atoms with E-state index in [2.05, 4.69) is 48.6 Å². The second-order valence-electron chi connectivity index (χ2n) is 7.44. The Morgan fingerprint density at radius 1 is 0.774 bits per heavy atom. The zero-order valence-corrected chi connectivity index (χ0v) is 18.3. The molecule has 4 aromatic rings. The van der Waals surface area contributed by atoms with Gasteiger partial charge in [-0.15, -0.1) is 11.8 Å². The Kier molecular flexibility index (Phi) is 6.85. The minimum atomic E-state index is -0.206. The highest BCUT2D eigenvalue weighted by Crippen LogP contribution is 2.29. The topological polar surface area (TPSA) is 29.1 Å². The van der Waals surface area contributed by atoms with Crippen molar-refractivity contribution in [2.24, 2.45) is 0 Å². The van der Waals surface area contributed by atoms with E-state index in [1.807, 2.05) is 72.8 Å². The molecule has 0 heterocycles. The average molecular weight is 424 g/mol. The second-order valence-corrected chi connectivity index (χ2v) is 8.46. The van der Waals surface area contributed by atoms with Gasteiger partial charge in [0.2, 0.25) is 0 Å². The summed E-state index contributed by atoms with van der Waals surface area (Å²) in [5.41, 5.74) is 5.28. The number of thioether (sulfide) groups is 1. The van der Waals surface area contributed by atoms with Crippen molar-refractivity contribution in [3.63, 3.8) is 0 Å². The van der Waals surface area contributed by atoms with Gasteiger partial charge in [0.1, 0.15) is 0 Å². The number of aryl methyl sites for hydroxylation is 1. The SMILES string of the molecule is Cc1ccccc1[C@H](NC(=O)c1ccccc1SCc1ccccc1)c1ccccc1. The van der Waals surface area contributed by atoms with E-state index >= 15 is 0 Å². The Labute approximate surface area is 188 Å². The van der Waals surface area contributed by atoms with Crippen molar-refractivity contribution in [1.82, 2.24) is 5.32 Å². The first kappa shape index (κ1) is 21.0. The zero-order valence-electron chi connectivity index (χ0n) is 17.5. The van der Waals surface area contributed by atoms with E-state index in [9.17, 15) is 4.79 Å². The third-order valence-electron chi connectivity index (χ3n) is 5.28. The molecule has 154 valence electrons. The predicted octanol–water partition coefficient (Wildman–Crippen LogP) is 6.81. The summed E-state index contributed by atoms with van der Waals surface area (Å²) in [5, 5.41) is 3.29. The van der Waals surface area contributed by atoms with Crippen molar-refractivity contribution < 1.29 is 4.79 Å². The Bertz CT molecular complexity index is 1140. The first-order valence-corrected chi connectivity index (χ1v) is 11.4. The van der Waals surface area contributed by atoms with E-state index in [-0.39, 0.29) is 11.9 Å². The average Bonchev–Trinajstić information content (AvgIpc) is 2.83. The van der Waals surface area contributed by atoms with Crippen LogP contribution in [0.25, 0.3) is 0 Å². The van der Waals surface area contributed by atoms with E-state index in [1.54, 1.807) is 11.8 Å². The molecule has 0 bridgehead atoms. The first-order chi connectivity index (χ1) is 15.2. The largest absolute Gasteiger partial charge is 0.341 e. The summed E-state index contributed by atoms with van der Waals surface area (Å²) in [6.07, 6.45) is 0. The zero-order chi connectivity index (χ0) is 21.5. The Morgan fingerprint density at radius 3 is 2.13 bits per heavy atom. The highest BCUT2D eigenvalue weighted by Gasteiger charge is 2.20. The van der Waals surface area contributed by atoms with Crippen molar-refractivity contribution >= 4 is 17.7 Å². The Balaban J connectivity index is 1.60. The van der Waals surface area contributed by atoms with Gasteiger partial charge in [-0.2, -0.15) is 0 Å². The van der Waals surface area contributed by atoms with Crippen LogP contribution in [0, 0.1) is 6.92 Å². The summed E-state index contributed by atoms with van der Waals surface area (Å²) >= 11 is 1.69. The van der Waals surface area contributed by atoms with Gasteiger partial charge < -0.3 is 5.32 Å². The maximum Gasteiger partial charge on any atom is 0.253 e. The molecule has 31 heavy (non-hydrogen) atoms. The summed E-state index contributed by atoms with van der Waals surface area (Å²) in [4.78, 5) is 14.4. The molecule has 0 spiro atoms. The third kappa shape index (κ3) is 5.25. The Morgan fingerprint density at radius 2 is 1.39 bits per heavy atom. The molecule has 1 atom stereocenters. The maximum atomic E-state index is 13.4. The van der Waals surface area contributed by atoms with Gasteiger partial charge in [-0.3, -0.25) is 4.79 Å². The number of hydrogen-bond donors (Lipinski definition) is 1. The van der Waals surface area contributed by atoms with Crippen LogP contribution in [0.3, 0.4) is 0 Å². The van der Waals surface area contributed by atoms with Crippen molar-refractivity contribution in [2.75, 3.05) is 0 Å². The molecule has 4 aromatic carbocycles. The minimum absolute atomic E-state index is 0.0618. The number of benzene rings is 4. The summed E-state index contributed by atoms with van der Waals surface area (Å²) in [5.74, 6) is 0.763. The fourth-order valence-corrected chi connectivity index (χ4v) is 4.63. The van der Waals surface area contributed by atoms with Crippen molar-refractivity contribution in [1.29, 1.82) is 0 Å². The minimum Gasteiger partial charge on any atom is -0.341 e. The molecule has 4 rings (SSSR count).